The molecule has 1 unspecified atom stereocenters. The molecule has 0 spiro atoms. The highest BCUT2D eigenvalue weighted by atomic mass is 19.3. The average molecular weight is 236 g/mol. The number of rotatable bonds is 7. The number of hydrogen-bond acceptors (Lipinski definition) is 3. The van der Waals surface area contributed by atoms with Crippen molar-refractivity contribution in [1.29, 1.82) is 0 Å². The van der Waals surface area contributed by atoms with E-state index < -0.39 is 18.6 Å². The van der Waals surface area contributed by atoms with E-state index in [9.17, 15) is 13.6 Å². The summed E-state index contributed by atoms with van der Waals surface area (Å²) in [5.41, 5.74) is 5.01. The SMILES string of the molecule is CC(N)(C(=O)NCCOCC(F)F)C1CC1. The van der Waals surface area contributed by atoms with Crippen LogP contribution in [0.1, 0.15) is 19.8 Å². The Labute approximate surface area is 93.5 Å². The summed E-state index contributed by atoms with van der Waals surface area (Å²) in [4.78, 5) is 11.6. The van der Waals surface area contributed by atoms with Crippen molar-refractivity contribution in [1.82, 2.24) is 5.32 Å². The van der Waals surface area contributed by atoms with E-state index in [0.29, 0.717) is 0 Å². The standard InChI is InChI=1S/C10H18F2N2O2/c1-10(13,7-2-3-7)9(15)14-4-5-16-6-8(11)12/h7-8H,2-6,13H2,1H3,(H,14,15). The molecular formula is C10H18F2N2O2. The maximum absolute atomic E-state index is 11.7. The van der Waals surface area contributed by atoms with Gasteiger partial charge in [0.15, 0.2) is 0 Å². The molecule has 1 aliphatic rings. The summed E-state index contributed by atoms with van der Waals surface area (Å²) in [7, 11) is 0. The van der Waals surface area contributed by atoms with Gasteiger partial charge in [-0.2, -0.15) is 0 Å². The summed E-state index contributed by atoms with van der Waals surface area (Å²) in [6.45, 7) is 1.39. The predicted octanol–water partition coefficient (Wildman–Crippen LogP) is 0.512. The first-order valence-corrected chi connectivity index (χ1v) is 5.37. The van der Waals surface area contributed by atoms with Crippen LogP contribution in [-0.2, 0) is 9.53 Å². The molecule has 3 N–H and O–H groups in total. The van der Waals surface area contributed by atoms with Crippen LogP contribution < -0.4 is 11.1 Å². The first kappa shape index (κ1) is 13.3. The molecule has 0 bridgehead atoms. The van der Waals surface area contributed by atoms with Crippen LogP contribution in [0.3, 0.4) is 0 Å². The highest BCUT2D eigenvalue weighted by molar-refractivity contribution is 5.86. The minimum absolute atomic E-state index is 0.0802. The molecule has 1 rings (SSSR count). The van der Waals surface area contributed by atoms with Gasteiger partial charge in [-0.3, -0.25) is 4.79 Å². The number of amides is 1. The molecule has 1 saturated carbocycles. The molecular weight excluding hydrogens is 218 g/mol. The van der Waals surface area contributed by atoms with Gasteiger partial charge >= 0.3 is 0 Å². The summed E-state index contributed by atoms with van der Waals surface area (Å²) >= 11 is 0. The van der Waals surface area contributed by atoms with Gasteiger partial charge in [0.05, 0.1) is 12.1 Å². The third-order valence-corrected chi connectivity index (χ3v) is 2.69. The van der Waals surface area contributed by atoms with Gasteiger partial charge < -0.3 is 15.8 Å². The van der Waals surface area contributed by atoms with E-state index in [1.54, 1.807) is 6.92 Å². The maximum atomic E-state index is 11.7. The highest BCUT2D eigenvalue weighted by Crippen LogP contribution is 2.37. The van der Waals surface area contributed by atoms with Gasteiger partial charge in [-0.05, 0) is 25.7 Å². The van der Waals surface area contributed by atoms with E-state index in [-0.39, 0.29) is 25.0 Å². The lowest BCUT2D eigenvalue weighted by Gasteiger charge is -2.23. The molecule has 1 aliphatic carbocycles. The van der Waals surface area contributed by atoms with E-state index in [4.69, 9.17) is 5.73 Å². The zero-order valence-electron chi connectivity index (χ0n) is 9.34. The molecule has 4 nitrogen and oxygen atoms in total. The second-order valence-corrected chi connectivity index (χ2v) is 4.28. The molecule has 0 aromatic rings. The van der Waals surface area contributed by atoms with E-state index in [2.05, 4.69) is 10.1 Å². The number of nitrogens with one attached hydrogen (secondary N) is 1. The Hall–Kier alpha value is -0.750. The summed E-state index contributed by atoms with van der Waals surface area (Å²) < 4.78 is 28.0. The third kappa shape index (κ3) is 4.02. The normalized spacial score (nSPS) is 19.6. The fourth-order valence-corrected chi connectivity index (χ4v) is 1.47. The van der Waals surface area contributed by atoms with Gasteiger partial charge in [-0.25, -0.2) is 8.78 Å². The quantitative estimate of drug-likeness (QED) is 0.633. The van der Waals surface area contributed by atoms with Crippen molar-refractivity contribution < 1.29 is 18.3 Å². The van der Waals surface area contributed by atoms with Crippen LogP contribution in [-0.4, -0.2) is 37.6 Å². The maximum Gasteiger partial charge on any atom is 0.261 e. The van der Waals surface area contributed by atoms with Crippen molar-refractivity contribution in [3.05, 3.63) is 0 Å². The van der Waals surface area contributed by atoms with Crippen LogP contribution in [0.4, 0.5) is 8.78 Å². The minimum atomic E-state index is -2.47. The Bertz CT molecular complexity index is 243. The lowest BCUT2D eigenvalue weighted by Crippen LogP contribution is -2.53. The average Bonchev–Trinajstić information content (AvgIpc) is 2.99. The molecule has 0 aromatic heterocycles. The van der Waals surface area contributed by atoms with Crippen molar-refractivity contribution in [3.8, 4) is 0 Å². The smallest absolute Gasteiger partial charge is 0.261 e. The molecule has 1 atom stereocenters. The van der Waals surface area contributed by atoms with Crippen LogP contribution in [0.15, 0.2) is 0 Å². The topological polar surface area (TPSA) is 64.4 Å². The van der Waals surface area contributed by atoms with E-state index >= 15 is 0 Å². The zero-order chi connectivity index (χ0) is 12.2. The number of alkyl halides is 2. The van der Waals surface area contributed by atoms with Gasteiger partial charge in [0.1, 0.15) is 6.61 Å². The Balaban J connectivity index is 2.10. The first-order valence-electron chi connectivity index (χ1n) is 5.37. The molecule has 1 fully saturated rings. The molecule has 0 aliphatic heterocycles. The lowest BCUT2D eigenvalue weighted by molar-refractivity contribution is -0.126. The van der Waals surface area contributed by atoms with Gasteiger partial charge in [0.2, 0.25) is 5.91 Å². The first-order chi connectivity index (χ1) is 7.44. The Morgan fingerprint density at radius 1 is 1.62 bits per heavy atom. The fraction of sp³-hybridized carbons (Fsp3) is 0.900. The molecule has 0 radical (unpaired) electrons. The van der Waals surface area contributed by atoms with Crippen LogP contribution in [0.5, 0.6) is 0 Å². The molecule has 1 amide bonds. The minimum Gasteiger partial charge on any atom is -0.374 e. The van der Waals surface area contributed by atoms with Crippen molar-refractivity contribution >= 4 is 5.91 Å². The second-order valence-electron chi connectivity index (χ2n) is 4.28. The van der Waals surface area contributed by atoms with Crippen LogP contribution in [0.25, 0.3) is 0 Å². The van der Waals surface area contributed by atoms with Crippen molar-refractivity contribution in [2.24, 2.45) is 11.7 Å². The van der Waals surface area contributed by atoms with Crippen molar-refractivity contribution in [2.75, 3.05) is 19.8 Å². The molecule has 0 aromatic carbocycles. The molecule has 94 valence electrons. The third-order valence-electron chi connectivity index (χ3n) is 2.69. The van der Waals surface area contributed by atoms with Gasteiger partial charge in [-0.1, -0.05) is 0 Å². The van der Waals surface area contributed by atoms with E-state index in [1.165, 1.54) is 0 Å². The highest BCUT2D eigenvalue weighted by Gasteiger charge is 2.43. The Morgan fingerprint density at radius 2 is 2.25 bits per heavy atom. The number of carbonyl (C=O) groups is 1. The second kappa shape index (κ2) is 5.54. The van der Waals surface area contributed by atoms with Crippen LogP contribution >= 0.6 is 0 Å². The van der Waals surface area contributed by atoms with Crippen molar-refractivity contribution in [2.45, 2.75) is 31.7 Å². The van der Waals surface area contributed by atoms with Crippen LogP contribution in [0.2, 0.25) is 0 Å². The zero-order valence-corrected chi connectivity index (χ0v) is 9.34. The summed E-state index contributed by atoms with van der Waals surface area (Å²) in [6, 6.07) is 0. The lowest BCUT2D eigenvalue weighted by atomic mass is 9.96. The molecule has 0 saturated heterocycles. The monoisotopic (exact) mass is 236 g/mol. The largest absolute Gasteiger partial charge is 0.374 e. The Kier molecular flexibility index (Phi) is 4.61. The summed E-state index contributed by atoms with van der Waals surface area (Å²) in [6.07, 6.45) is -0.521. The number of hydrogen-bond donors (Lipinski definition) is 2. The number of nitrogens with two attached hydrogens (primary N) is 1. The summed E-state index contributed by atoms with van der Waals surface area (Å²) in [5, 5.41) is 2.58. The van der Waals surface area contributed by atoms with E-state index in [0.717, 1.165) is 12.8 Å². The number of ether oxygens (including phenoxy) is 1. The van der Waals surface area contributed by atoms with Gasteiger partial charge in [0, 0.05) is 6.54 Å². The molecule has 16 heavy (non-hydrogen) atoms. The molecule has 6 heteroatoms. The molecule has 0 heterocycles. The van der Waals surface area contributed by atoms with E-state index in [1.807, 2.05) is 0 Å². The van der Waals surface area contributed by atoms with Gasteiger partial charge in [0.25, 0.3) is 6.43 Å². The summed E-state index contributed by atoms with van der Waals surface area (Å²) in [5.74, 6) is 0.00475. The number of halogens is 2. The fourth-order valence-electron chi connectivity index (χ4n) is 1.47. The predicted molar refractivity (Wildman–Crippen MR) is 55.1 cm³/mol. The Morgan fingerprint density at radius 3 is 2.75 bits per heavy atom. The van der Waals surface area contributed by atoms with Crippen LogP contribution in [0, 0.1) is 5.92 Å². The van der Waals surface area contributed by atoms with Gasteiger partial charge in [-0.15, -0.1) is 0 Å². The number of carbonyl (C=O) groups excluding carboxylic acids is 1. The van der Waals surface area contributed by atoms with Crippen molar-refractivity contribution in [3.63, 3.8) is 0 Å².